The van der Waals surface area contributed by atoms with Gasteiger partial charge in [0.1, 0.15) is 11.9 Å². The summed E-state index contributed by atoms with van der Waals surface area (Å²) in [5, 5.41) is 0.467. The number of sulfonamides is 1. The first-order valence-corrected chi connectivity index (χ1v) is 18.7. The van der Waals surface area contributed by atoms with Crippen LogP contribution in [-0.2, 0) is 21.2 Å². The summed E-state index contributed by atoms with van der Waals surface area (Å²) in [6, 6.07) is 8.70. The largest absolute Gasteiger partial charge is 0.495 e. The second-order valence-electron chi connectivity index (χ2n) is 12.4. The highest BCUT2D eigenvalue weighted by molar-refractivity contribution is 7.92. The molecule has 16 heteroatoms. The molecular formula is C34H40Cl2F2N4O7S. The summed E-state index contributed by atoms with van der Waals surface area (Å²) < 4.78 is 76.0. The van der Waals surface area contributed by atoms with E-state index in [1.165, 1.54) is 60.2 Å². The van der Waals surface area contributed by atoms with E-state index >= 15 is 0 Å². The lowest BCUT2D eigenvalue weighted by Crippen LogP contribution is -2.47. The van der Waals surface area contributed by atoms with Gasteiger partial charge in [0.25, 0.3) is 0 Å². The predicted molar refractivity (Wildman–Crippen MR) is 187 cm³/mol. The summed E-state index contributed by atoms with van der Waals surface area (Å²) in [6.07, 6.45) is 4.81. The van der Waals surface area contributed by atoms with Crippen molar-refractivity contribution in [3.8, 4) is 17.2 Å². The Hall–Kier alpha value is -3.43. The minimum atomic E-state index is -3.80. The van der Waals surface area contributed by atoms with Crippen LogP contribution in [0.3, 0.4) is 0 Å². The van der Waals surface area contributed by atoms with Gasteiger partial charge in [-0.1, -0.05) is 29.3 Å². The van der Waals surface area contributed by atoms with Crippen LogP contribution >= 0.6 is 23.2 Å². The van der Waals surface area contributed by atoms with Gasteiger partial charge in [0.2, 0.25) is 10.0 Å². The van der Waals surface area contributed by atoms with E-state index in [0.717, 1.165) is 45.3 Å². The van der Waals surface area contributed by atoms with E-state index in [9.17, 15) is 22.0 Å². The molecule has 0 amide bonds. The van der Waals surface area contributed by atoms with Crippen molar-refractivity contribution in [1.29, 1.82) is 0 Å². The number of likely N-dealkylation sites (N-methyl/N-ethyl adjacent to an activating group) is 1. The number of esters is 1. The first-order chi connectivity index (χ1) is 23.8. The van der Waals surface area contributed by atoms with Crippen molar-refractivity contribution in [2.45, 2.75) is 32.0 Å². The molecule has 5 rings (SSSR count). The van der Waals surface area contributed by atoms with Crippen molar-refractivity contribution in [3.05, 3.63) is 75.5 Å². The zero-order valence-electron chi connectivity index (χ0n) is 28.0. The molecule has 2 heterocycles. The molecule has 0 bridgehead atoms. The first kappa shape index (κ1) is 37.8. The summed E-state index contributed by atoms with van der Waals surface area (Å²) in [6.45, 7) is 1.19. The van der Waals surface area contributed by atoms with Gasteiger partial charge in [-0.25, -0.2) is 13.2 Å². The average molecular weight is 758 g/mol. The fraction of sp³-hybridized carbons (Fsp3) is 0.471. The van der Waals surface area contributed by atoms with E-state index in [0.29, 0.717) is 30.2 Å². The molecule has 2 fully saturated rings. The molecule has 11 nitrogen and oxygen atoms in total. The van der Waals surface area contributed by atoms with Gasteiger partial charge in [0.15, 0.2) is 11.5 Å². The minimum absolute atomic E-state index is 0.00740. The Morgan fingerprint density at radius 2 is 1.70 bits per heavy atom. The van der Waals surface area contributed by atoms with Gasteiger partial charge < -0.3 is 23.8 Å². The molecule has 0 unspecified atom stereocenters. The van der Waals surface area contributed by atoms with Crippen LogP contribution in [0.4, 0.5) is 14.5 Å². The quantitative estimate of drug-likeness (QED) is 0.163. The number of halogens is 4. The van der Waals surface area contributed by atoms with Gasteiger partial charge in [0.05, 0.1) is 41.3 Å². The van der Waals surface area contributed by atoms with E-state index < -0.39 is 28.7 Å². The lowest BCUT2D eigenvalue weighted by molar-refractivity contribution is -0.0515. The highest BCUT2D eigenvalue weighted by Crippen LogP contribution is 2.39. The number of nitrogens with zero attached hydrogens (tertiary/aromatic N) is 4. The molecule has 0 N–H and O–H groups in total. The number of piperazine rings is 1. The van der Waals surface area contributed by atoms with Crippen LogP contribution in [-0.4, -0.2) is 102 Å². The molecule has 2 aliphatic rings. The summed E-state index contributed by atoms with van der Waals surface area (Å²) in [5.41, 5.74) is 1.07. The number of anilines is 1. The Morgan fingerprint density at radius 3 is 2.32 bits per heavy atom. The lowest BCUT2D eigenvalue weighted by Gasteiger charge is -2.34. The Bertz CT molecular complexity index is 1740. The number of hydrogen-bond donors (Lipinski definition) is 0. The molecule has 1 aliphatic carbocycles. The Morgan fingerprint density at radius 1 is 1.02 bits per heavy atom. The molecule has 3 aromatic rings. The van der Waals surface area contributed by atoms with Crippen molar-refractivity contribution in [2.24, 2.45) is 5.92 Å². The van der Waals surface area contributed by atoms with Crippen molar-refractivity contribution >= 4 is 44.9 Å². The fourth-order valence-electron chi connectivity index (χ4n) is 5.55. The molecule has 272 valence electrons. The number of rotatable bonds is 16. The number of benzene rings is 2. The molecule has 1 aliphatic heterocycles. The third-order valence-electron chi connectivity index (χ3n) is 8.62. The maximum atomic E-state index is 13.9. The van der Waals surface area contributed by atoms with E-state index in [1.54, 1.807) is 0 Å². The highest BCUT2D eigenvalue weighted by atomic mass is 35.5. The Balaban J connectivity index is 1.46. The zero-order valence-corrected chi connectivity index (χ0v) is 30.3. The lowest BCUT2D eigenvalue weighted by atomic mass is 10.0. The number of carbonyl (C=O) groups is 1. The highest BCUT2D eigenvalue weighted by Gasteiger charge is 2.28. The van der Waals surface area contributed by atoms with Crippen LogP contribution in [0.15, 0.2) is 48.8 Å². The van der Waals surface area contributed by atoms with Gasteiger partial charge in [-0.05, 0) is 67.3 Å². The molecule has 50 heavy (non-hydrogen) atoms. The van der Waals surface area contributed by atoms with E-state index in [-0.39, 0.29) is 51.5 Å². The van der Waals surface area contributed by atoms with Crippen LogP contribution in [0.1, 0.15) is 40.4 Å². The molecule has 1 saturated carbocycles. The van der Waals surface area contributed by atoms with E-state index in [1.807, 2.05) is 7.05 Å². The number of ether oxygens (including phenoxy) is 4. The molecular weight excluding hydrogens is 717 g/mol. The first-order valence-electron chi connectivity index (χ1n) is 16.1. The molecule has 1 saturated heterocycles. The number of hydrogen-bond acceptors (Lipinski definition) is 10. The van der Waals surface area contributed by atoms with E-state index in [4.69, 9.17) is 42.1 Å². The summed E-state index contributed by atoms with van der Waals surface area (Å²) in [7, 11) is -0.338. The Labute approximate surface area is 301 Å². The van der Waals surface area contributed by atoms with Crippen LogP contribution in [0.2, 0.25) is 10.0 Å². The monoisotopic (exact) mass is 756 g/mol. The molecule has 0 spiro atoms. The normalized spacial score (nSPS) is 16.2. The van der Waals surface area contributed by atoms with Crippen LogP contribution in [0, 0.1) is 5.92 Å². The summed E-state index contributed by atoms with van der Waals surface area (Å²) >= 11 is 12.9. The minimum Gasteiger partial charge on any atom is -0.495 e. The van der Waals surface area contributed by atoms with Gasteiger partial charge >= 0.3 is 12.6 Å². The SMILES string of the molecule is COc1ccc(C(=O)O[C@@H](Cc2c(Cl)cncc2Cl)c2ccc(OC(F)F)c(OCC3CC3)c2)cc1N(CCN1CCN(C)CC1)S(C)(=O)=O. The van der Waals surface area contributed by atoms with Gasteiger partial charge in [-0.2, -0.15) is 8.78 Å². The number of carbonyl (C=O) groups excluding carboxylic acids is 1. The van der Waals surface area contributed by atoms with Crippen LogP contribution < -0.4 is 18.5 Å². The smallest absolute Gasteiger partial charge is 0.387 e. The summed E-state index contributed by atoms with van der Waals surface area (Å²) in [4.78, 5) is 22.3. The topological polar surface area (TPSA) is 111 Å². The van der Waals surface area contributed by atoms with Gasteiger partial charge in [-0.3, -0.25) is 14.2 Å². The van der Waals surface area contributed by atoms with Crippen molar-refractivity contribution in [2.75, 3.05) is 70.6 Å². The zero-order chi connectivity index (χ0) is 36.0. The van der Waals surface area contributed by atoms with Gasteiger partial charge in [0, 0.05) is 58.1 Å². The third-order valence-corrected chi connectivity index (χ3v) is 10.4. The van der Waals surface area contributed by atoms with Crippen molar-refractivity contribution < 1.29 is 40.9 Å². The molecule has 1 aromatic heterocycles. The number of aromatic nitrogens is 1. The van der Waals surface area contributed by atoms with Crippen LogP contribution in [0.5, 0.6) is 17.2 Å². The summed E-state index contributed by atoms with van der Waals surface area (Å²) in [5.74, 6) is -0.311. The number of methoxy groups -OCH3 is 1. The third kappa shape index (κ3) is 10.1. The standard InChI is InChI=1S/C34H40Cl2F2N4O7S/c1-40-10-12-41(13-11-40)14-15-42(50(3,44)45)28-16-24(7-8-29(28)46-2)33(43)48-31(18-25-26(35)19-39-20-27(25)36)23-6-9-30(49-34(37)38)32(17-23)47-21-22-4-5-22/h6-9,16-17,19-20,22,31,34H,4-5,10-15,18,21H2,1-3H3/t31-/m0/s1. The second-order valence-corrected chi connectivity index (χ2v) is 15.1. The van der Waals surface area contributed by atoms with E-state index in [2.05, 4.69) is 14.8 Å². The molecule has 1 atom stereocenters. The maximum absolute atomic E-state index is 13.9. The van der Waals surface area contributed by atoms with Gasteiger partial charge in [-0.15, -0.1) is 0 Å². The van der Waals surface area contributed by atoms with Crippen molar-refractivity contribution in [1.82, 2.24) is 14.8 Å². The van der Waals surface area contributed by atoms with Crippen molar-refractivity contribution in [3.63, 3.8) is 0 Å². The predicted octanol–water partition coefficient (Wildman–Crippen LogP) is 5.94. The molecule has 2 aromatic carbocycles. The number of pyridine rings is 1. The number of alkyl halides is 2. The maximum Gasteiger partial charge on any atom is 0.387 e. The van der Waals surface area contributed by atoms with Crippen LogP contribution in [0.25, 0.3) is 0 Å². The average Bonchev–Trinajstić information content (AvgIpc) is 3.90. The Kier molecular flexibility index (Phi) is 12.6. The fourth-order valence-corrected chi connectivity index (χ4v) is 6.98. The molecule has 0 radical (unpaired) electrons. The second kappa shape index (κ2) is 16.7.